The minimum atomic E-state index is -0.704. The third-order valence-electron chi connectivity index (χ3n) is 2.05. The van der Waals surface area contributed by atoms with Crippen molar-refractivity contribution < 1.29 is 14.4 Å². The maximum atomic E-state index is 10.5. The number of hydrogen-bond donors (Lipinski definition) is 1. The first-order valence-corrected chi connectivity index (χ1v) is 3.94. The molecule has 0 spiro atoms. The van der Waals surface area contributed by atoms with Crippen molar-refractivity contribution in [3.05, 3.63) is 0 Å². The monoisotopic (exact) mass is 160 g/mol. The predicted octanol–water partition coefficient (Wildman–Crippen LogP) is 0.803. The van der Waals surface area contributed by atoms with Crippen molar-refractivity contribution in [3.63, 3.8) is 0 Å². The van der Waals surface area contributed by atoms with Crippen LogP contribution < -0.4 is 0 Å². The van der Waals surface area contributed by atoms with Crippen molar-refractivity contribution in [2.75, 3.05) is 27.2 Å². The fourth-order valence-electron chi connectivity index (χ4n) is 0.949. The lowest BCUT2D eigenvalue weighted by Gasteiger charge is -2.29. The van der Waals surface area contributed by atoms with Gasteiger partial charge in [0.05, 0.1) is 27.2 Å². The van der Waals surface area contributed by atoms with Gasteiger partial charge in [-0.25, -0.2) is 0 Å². The Balaban J connectivity index is 3.93. The molecular weight excluding hydrogens is 142 g/mol. The summed E-state index contributed by atoms with van der Waals surface area (Å²) in [5.41, 5.74) is 0. The van der Waals surface area contributed by atoms with Gasteiger partial charge in [0.1, 0.15) is 5.92 Å². The van der Waals surface area contributed by atoms with Crippen LogP contribution in [0.3, 0.4) is 0 Å². The van der Waals surface area contributed by atoms with Gasteiger partial charge in [-0.1, -0.05) is 0 Å². The van der Waals surface area contributed by atoms with Crippen molar-refractivity contribution in [1.29, 1.82) is 0 Å². The SMILES string of the molecule is CC[N+](C)(C)CC(C)C(=O)O. The standard InChI is InChI=1S/C8H17NO2/c1-5-9(3,4)6-7(2)8(10)11/h7H,5-6H2,1-4H3/p+1. The van der Waals surface area contributed by atoms with Gasteiger partial charge in [0, 0.05) is 0 Å². The molecule has 0 aliphatic carbocycles. The van der Waals surface area contributed by atoms with E-state index in [1.54, 1.807) is 6.92 Å². The van der Waals surface area contributed by atoms with Gasteiger partial charge < -0.3 is 9.59 Å². The first kappa shape index (κ1) is 10.4. The Hall–Kier alpha value is -0.570. The largest absolute Gasteiger partial charge is 0.481 e. The Morgan fingerprint density at radius 2 is 2.00 bits per heavy atom. The van der Waals surface area contributed by atoms with E-state index in [1.807, 2.05) is 14.1 Å². The molecule has 66 valence electrons. The Morgan fingerprint density at radius 3 is 2.27 bits per heavy atom. The average molecular weight is 160 g/mol. The molecule has 0 radical (unpaired) electrons. The summed E-state index contributed by atoms with van der Waals surface area (Å²) < 4.78 is 0.771. The molecule has 0 fully saturated rings. The molecule has 0 amide bonds. The molecule has 0 rings (SSSR count). The fourth-order valence-corrected chi connectivity index (χ4v) is 0.949. The van der Waals surface area contributed by atoms with Crippen LogP contribution in [0.25, 0.3) is 0 Å². The smallest absolute Gasteiger partial charge is 0.311 e. The van der Waals surface area contributed by atoms with E-state index in [0.29, 0.717) is 6.54 Å². The molecule has 0 aromatic heterocycles. The van der Waals surface area contributed by atoms with Gasteiger partial charge in [0.25, 0.3) is 0 Å². The van der Waals surface area contributed by atoms with E-state index in [2.05, 4.69) is 6.92 Å². The molecule has 11 heavy (non-hydrogen) atoms. The van der Waals surface area contributed by atoms with Gasteiger partial charge in [-0.05, 0) is 13.8 Å². The number of hydrogen-bond acceptors (Lipinski definition) is 1. The zero-order valence-corrected chi connectivity index (χ0v) is 7.79. The highest BCUT2D eigenvalue weighted by Crippen LogP contribution is 2.04. The Labute approximate surface area is 68.2 Å². The highest BCUT2D eigenvalue weighted by atomic mass is 16.4. The van der Waals surface area contributed by atoms with Crippen LogP contribution >= 0.6 is 0 Å². The summed E-state index contributed by atoms with van der Waals surface area (Å²) in [6.07, 6.45) is 0. The first-order chi connectivity index (χ1) is 4.89. The average Bonchev–Trinajstić information content (AvgIpc) is 1.87. The maximum absolute atomic E-state index is 10.5. The summed E-state index contributed by atoms with van der Waals surface area (Å²) in [7, 11) is 4.08. The van der Waals surface area contributed by atoms with Crippen LogP contribution in [0.1, 0.15) is 13.8 Å². The molecule has 0 aliphatic heterocycles. The highest BCUT2D eigenvalue weighted by Gasteiger charge is 2.21. The third kappa shape index (κ3) is 3.98. The minimum absolute atomic E-state index is 0.245. The minimum Gasteiger partial charge on any atom is -0.481 e. The summed E-state index contributed by atoms with van der Waals surface area (Å²) in [6, 6.07) is 0. The molecular formula is C8H18NO2+. The molecule has 0 aromatic rings. The number of carboxylic acid groups (broad SMARTS) is 1. The van der Waals surface area contributed by atoms with Gasteiger partial charge in [0.15, 0.2) is 0 Å². The molecule has 0 bridgehead atoms. The van der Waals surface area contributed by atoms with Crippen molar-refractivity contribution in [1.82, 2.24) is 0 Å². The summed E-state index contributed by atoms with van der Waals surface area (Å²) >= 11 is 0. The molecule has 3 heteroatoms. The van der Waals surface area contributed by atoms with Gasteiger partial charge in [0.2, 0.25) is 0 Å². The van der Waals surface area contributed by atoms with Gasteiger partial charge in [-0.3, -0.25) is 4.79 Å². The lowest BCUT2D eigenvalue weighted by atomic mass is 10.1. The molecule has 0 saturated heterocycles. The quantitative estimate of drug-likeness (QED) is 0.618. The lowest BCUT2D eigenvalue weighted by molar-refractivity contribution is -0.890. The van der Waals surface area contributed by atoms with E-state index in [-0.39, 0.29) is 5.92 Å². The number of nitrogens with zero attached hydrogens (tertiary/aromatic N) is 1. The lowest BCUT2D eigenvalue weighted by Crippen LogP contribution is -2.44. The van der Waals surface area contributed by atoms with Crippen LogP contribution in [0.15, 0.2) is 0 Å². The van der Waals surface area contributed by atoms with Crippen LogP contribution in [0.5, 0.6) is 0 Å². The zero-order valence-electron chi connectivity index (χ0n) is 7.79. The predicted molar refractivity (Wildman–Crippen MR) is 44.3 cm³/mol. The second kappa shape index (κ2) is 3.72. The maximum Gasteiger partial charge on any atom is 0.311 e. The van der Waals surface area contributed by atoms with E-state index in [4.69, 9.17) is 5.11 Å². The van der Waals surface area contributed by atoms with Crippen molar-refractivity contribution in [3.8, 4) is 0 Å². The first-order valence-electron chi connectivity index (χ1n) is 3.94. The van der Waals surface area contributed by atoms with Crippen molar-refractivity contribution >= 4 is 5.97 Å². The summed E-state index contributed by atoms with van der Waals surface area (Å²) in [5, 5.41) is 8.63. The third-order valence-corrected chi connectivity index (χ3v) is 2.05. The van der Waals surface area contributed by atoms with Crippen LogP contribution in [0, 0.1) is 5.92 Å². The van der Waals surface area contributed by atoms with Crippen LogP contribution in [-0.4, -0.2) is 42.7 Å². The van der Waals surface area contributed by atoms with Gasteiger partial charge >= 0.3 is 5.97 Å². The molecule has 1 unspecified atom stereocenters. The second-order valence-electron chi connectivity index (χ2n) is 3.67. The van der Waals surface area contributed by atoms with E-state index in [1.165, 1.54) is 0 Å². The van der Waals surface area contributed by atoms with E-state index < -0.39 is 5.97 Å². The summed E-state index contributed by atoms with van der Waals surface area (Å²) in [6.45, 7) is 5.48. The van der Waals surface area contributed by atoms with Crippen molar-refractivity contribution in [2.24, 2.45) is 5.92 Å². The number of carboxylic acids is 1. The van der Waals surface area contributed by atoms with E-state index >= 15 is 0 Å². The number of quaternary nitrogens is 1. The zero-order chi connectivity index (χ0) is 9.07. The number of rotatable bonds is 4. The normalized spacial score (nSPS) is 14.5. The molecule has 1 N–H and O–H groups in total. The topological polar surface area (TPSA) is 37.3 Å². The van der Waals surface area contributed by atoms with E-state index in [9.17, 15) is 4.79 Å². The summed E-state index contributed by atoms with van der Waals surface area (Å²) in [4.78, 5) is 10.5. The van der Waals surface area contributed by atoms with Crippen LogP contribution in [-0.2, 0) is 4.79 Å². The van der Waals surface area contributed by atoms with Gasteiger partial charge in [-0.15, -0.1) is 0 Å². The fraction of sp³-hybridized carbons (Fsp3) is 0.875. The molecule has 0 saturated carbocycles. The summed E-state index contributed by atoms with van der Waals surface area (Å²) in [5.74, 6) is -0.949. The molecule has 0 heterocycles. The molecule has 3 nitrogen and oxygen atoms in total. The number of carbonyl (C=O) groups is 1. The van der Waals surface area contributed by atoms with Gasteiger partial charge in [-0.2, -0.15) is 0 Å². The molecule has 0 aliphatic rings. The van der Waals surface area contributed by atoms with Crippen molar-refractivity contribution in [2.45, 2.75) is 13.8 Å². The Bertz CT molecular complexity index is 143. The van der Waals surface area contributed by atoms with Crippen LogP contribution in [0.4, 0.5) is 0 Å². The number of aliphatic carboxylic acids is 1. The van der Waals surface area contributed by atoms with E-state index in [0.717, 1.165) is 11.0 Å². The Kier molecular flexibility index (Phi) is 3.52. The molecule has 1 atom stereocenters. The van der Waals surface area contributed by atoms with Crippen LogP contribution in [0.2, 0.25) is 0 Å². The Morgan fingerprint density at radius 1 is 1.55 bits per heavy atom. The highest BCUT2D eigenvalue weighted by molar-refractivity contribution is 5.69. The molecule has 0 aromatic carbocycles. The second-order valence-corrected chi connectivity index (χ2v) is 3.67.